The van der Waals surface area contributed by atoms with E-state index in [-0.39, 0.29) is 11.8 Å². The van der Waals surface area contributed by atoms with Crippen molar-refractivity contribution >= 4 is 11.8 Å². The summed E-state index contributed by atoms with van der Waals surface area (Å²) < 4.78 is 0. The second-order valence-electron chi connectivity index (χ2n) is 7.07. The molecular weight excluding hydrogens is 340 g/mol. The number of carbonyl (C=O) groups excluding carboxylic acids is 2. The summed E-state index contributed by atoms with van der Waals surface area (Å²) in [6.07, 6.45) is 10.9. The average Bonchev–Trinajstić information content (AvgIpc) is 2.67. The van der Waals surface area contributed by atoms with Crippen molar-refractivity contribution in [2.24, 2.45) is 0 Å². The summed E-state index contributed by atoms with van der Waals surface area (Å²) in [7, 11) is 4.28. The van der Waals surface area contributed by atoms with Crippen LogP contribution < -0.4 is 10.6 Å². The smallest absolute Gasteiger partial charge is 0.243 e. The Morgan fingerprint density at radius 2 is 1.00 bits per heavy atom. The highest BCUT2D eigenvalue weighted by Gasteiger charge is 2.01. The van der Waals surface area contributed by atoms with Gasteiger partial charge in [-0.15, -0.1) is 0 Å². The number of unbranched alkanes of at least 4 members (excludes halogenated alkanes) is 4. The summed E-state index contributed by atoms with van der Waals surface area (Å²) in [4.78, 5) is 26.7. The molecule has 6 heteroatoms. The molecule has 2 N–H and O–H groups in total. The van der Waals surface area contributed by atoms with Gasteiger partial charge in [0.1, 0.15) is 0 Å². The van der Waals surface area contributed by atoms with Crippen LogP contribution >= 0.6 is 0 Å². The first-order valence-corrected chi connectivity index (χ1v) is 10.2. The van der Waals surface area contributed by atoms with Gasteiger partial charge in [-0.3, -0.25) is 9.59 Å². The molecule has 0 aromatic rings. The molecule has 0 bridgehead atoms. The summed E-state index contributed by atoms with van der Waals surface area (Å²) in [5, 5.41) is 5.60. The third-order valence-electron chi connectivity index (χ3n) is 4.48. The lowest BCUT2D eigenvalue weighted by Crippen LogP contribution is -2.27. The molecule has 0 fully saturated rings. The Hall–Kier alpha value is -1.66. The lowest BCUT2D eigenvalue weighted by Gasteiger charge is -2.17. The zero-order valence-electron chi connectivity index (χ0n) is 17.5. The molecule has 0 radical (unpaired) electrons. The molecule has 0 aromatic carbocycles. The number of nitrogens with one attached hydrogen (secondary N) is 2. The van der Waals surface area contributed by atoms with E-state index in [2.05, 4.69) is 47.7 Å². The van der Waals surface area contributed by atoms with E-state index >= 15 is 0 Å². The van der Waals surface area contributed by atoms with E-state index < -0.39 is 0 Å². The van der Waals surface area contributed by atoms with Gasteiger partial charge in [-0.05, 0) is 78.1 Å². The maximum absolute atomic E-state index is 11.0. The maximum atomic E-state index is 11.0. The second kappa shape index (κ2) is 17.7. The van der Waals surface area contributed by atoms with Crippen molar-refractivity contribution in [3.63, 3.8) is 0 Å². The molecule has 2 amide bonds. The van der Waals surface area contributed by atoms with Crippen molar-refractivity contribution in [3.05, 3.63) is 25.3 Å². The van der Waals surface area contributed by atoms with E-state index in [0.29, 0.717) is 13.1 Å². The van der Waals surface area contributed by atoms with Crippen molar-refractivity contribution < 1.29 is 9.59 Å². The zero-order valence-corrected chi connectivity index (χ0v) is 17.5. The Labute approximate surface area is 166 Å². The minimum absolute atomic E-state index is 0.0947. The molecule has 0 aliphatic rings. The van der Waals surface area contributed by atoms with E-state index in [1.165, 1.54) is 44.3 Å². The van der Waals surface area contributed by atoms with E-state index in [0.717, 1.165) is 39.0 Å². The molecule has 0 heterocycles. The normalized spacial score (nSPS) is 10.8. The molecule has 0 aliphatic heterocycles. The van der Waals surface area contributed by atoms with Crippen LogP contribution in [0.1, 0.15) is 44.9 Å². The summed E-state index contributed by atoms with van der Waals surface area (Å²) in [6, 6.07) is 0. The number of hydrogen-bond acceptors (Lipinski definition) is 4. The largest absolute Gasteiger partial charge is 0.353 e. The summed E-state index contributed by atoms with van der Waals surface area (Å²) in [5.41, 5.74) is 0. The van der Waals surface area contributed by atoms with Crippen LogP contribution in [0.2, 0.25) is 0 Å². The van der Waals surface area contributed by atoms with Gasteiger partial charge in [0, 0.05) is 13.1 Å². The molecule has 0 aliphatic carbocycles. The van der Waals surface area contributed by atoms with Gasteiger partial charge in [0.25, 0.3) is 0 Å². The van der Waals surface area contributed by atoms with Crippen LogP contribution in [0.3, 0.4) is 0 Å². The van der Waals surface area contributed by atoms with Gasteiger partial charge in [-0.1, -0.05) is 32.4 Å². The first-order chi connectivity index (χ1) is 13.0. The Morgan fingerprint density at radius 1 is 0.667 bits per heavy atom. The molecule has 0 saturated carbocycles. The maximum Gasteiger partial charge on any atom is 0.243 e. The molecule has 0 unspecified atom stereocenters. The van der Waals surface area contributed by atoms with Crippen molar-refractivity contribution in [2.45, 2.75) is 44.9 Å². The third-order valence-corrected chi connectivity index (χ3v) is 4.48. The molecule has 156 valence electrons. The Bertz CT molecular complexity index is 388. The van der Waals surface area contributed by atoms with Crippen LogP contribution in [0.5, 0.6) is 0 Å². The van der Waals surface area contributed by atoms with Crippen molar-refractivity contribution in [1.82, 2.24) is 20.4 Å². The summed E-state index contributed by atoms with van der Waals surface area (Å²) >= 11 is 0. The van der Waals surface area contributed by atoms with Gasteiger partial charge >= 0.3 is 0 Å². The van der Waals surface area contributed by atoms with Crippen molar-refractivity contribution in [3.8, 4) is 0 Å². The molecule has 0 aromatic heterocycles. The topological polar surface area (TPSA) is 64.7 Å². The molecular formula is C21H40N4O2. The van der Waals surface area contributed by atoms with Gasteiger partial charge < -0.3 is 20.4 Å². The van der Waals surface area contributed by atoms with Crippen LogP contribution in [0.4, 0.5) is 0 Å². The number of hydrogen-bond donors (Lipinski definition) is 2. The number of nitrogens with zero attached hydrogens (tertiary/aromatic N) is 2. The fourth-order valence-electron chi connectivity index (χ4n) is 2.78. The highest BCUT2D eigenvalue weighted by atomic mass is 16.2. The van der Waals surface area contributed by atoms with Crippen molar-refractivity contribution in [2.75, 3.05) is 53.4 Å². The van der Waals surface area contributed by atoms with E-state index in [9.17, 15) is 9.59 Å². The monoisotopic (exact) mass is 380 g/mol. The zero-order chi connectivity index (χ0) is 20.3. The van der Waals surface area contributed by atoms with Gasteiger partial charge in [0.2, 0.25) is 11.8 Å². The minimum atomic E-state index is -0.0947. The van der Waals surface area contributed by atoms with Gasteiger partial charge in [0.15, 0.2) is 0 Å². The Kier molecular flexibility index (Phi) is 16.6. The first kappa shape index (κ1) is 25.3. The van der Waals surface area contributed by atoms with E-state index in [1.807, 2.05) is 0 Å². The van der Waals surface area contributed by atoms with Crippen LogP contribution in [0.25, 0.3) is 0 Å². The van der Waals surface area contributed by atoms with E-state index in [4.69, 9.17) is 0 Å². The SMILES string of the molecule is C=CC(=O)NCCCN(C)CCCCCCCN(C)CCCNC(=O)C=C. The molecule has 0 atom stereocenters. The summed E-state index contributed by atoms with van der Waals surface area (Å²) in [6.45, 7) is 12.6. The average molecular weight is 381 g/mol. The fourth-order valence-corrected chi connectivity index (χ4v) is 2.78. The molecule has 27 heavy (non-hydrogen) atoms. The fraction of sp³-hybridized carbons (Fsp3) is 0.714. The summed E-state index contributed by atoms with van der Waals surface area (Å²) in [5.74, 6) is -0.189. The highest BCUT2D eigenvalue weighted by Crippen LogP contribution is 2.05. The molecule has 0 rings (SSSR count). The van der Waals surface area contributed by atoms with Crippen LogP contribution in [0, 0.1) is 0 Å². The predicted molar refractivity (Wildman–Crippen MR) is 114 cm³/mol. The van der Waals surface area contributed by atoms with Crippen molar-refractivity contribution in [1.29, 1.82) is 0 Å². The minimum Gasteiger partial charge on any atom is -0.353 e. The number of rotatable bonds is 18. The predicted octanol–water partition coefficient (Wildman–Crippen LogP) is 2.19. The Balaban J connectivity index is 3.38. The highest BCUT2D eigenvalue weighted by molar-refractivity contribution is 5.87. The first-order valence-electron chi connectivity index (χ1n) is 10.2. The van der Waals surface area contributed by atoms with Gasteiger partial charge in [-0.25, -0.2) is 0 Å². The van der Waals surface area contributed by atoms with Crippen LogP contribution in [-0.4, -0.2) is 75.0 Å². The molecule has 6 nitrogen and oxygen atoms in total. The lowest BCUT2D eigenvalue weighted by molar-refractivity contribution is -0.117. The standard InChI is InChI=1S/C21H40N4O2/c1-5-20(26)22-14-12-18-24(3)16-10-8-7-9-11-17-25(4)19-13-15-23-21(27)6-2/h5-6H,1-2,7-19H2,3-4H3,(H,22,26)(H,23,27). The Morgan fingerprint density at radius 3 is 1.37 bits per heavy atom. The van der Waals surface area contributed by atoms with Gasteiger partial charge in [-0.2, -0.15) is 0 Å². The van der Waals surface area contributed by atoms with Crippen LogP contribution in [-0.2, 0) is 9.59 Å². The molecule has 0 saturated heterocycles. The lowest BCUT2D eigenvalue weighted by atomic mass is 10.1. The quantitative estimate of drug-likeness (QED) is 0.283. The van der Waals surface area contributed by atoms with E-state index in [1.54, 1.807) is 0 Å². The third kappa shape index (κ3) is 17.5. The number of amides is 2. The number of carbonyl (C=O) groups is 2. The van der Waals surface area contributed by atoms with Gasteiger partial charge in [0.05, 0.1) is 0 Å². The van der Waals surface area contributed by atoms with Crippen LogP contribution in [0.15, 0.2) is 25.3 Å². The second-order valence-corrected chi connectivity index (χ2v) is 7.07. The molecule has 0 spiro atoms.